The molecule has 1 aliphatic rings. The average molecular weight is 500 g/mol. The lowest BCUT2D eigenvalue weighted by atomic mass is 10.1. The summed E-state index contributed by atoms with van der Waals surface area (Å²) in [6, 6.07) is 11.8. The van der Waals surface area contributed by atoms with Gasteiger partial charge in [-0.3, -0.25) is 9.10 Å². The largest absolute Gasteiger partial charge is 0.497 e. The minimum Gasteiger partial charge on any atom is -0.497 e. The topological polar surface area (TPSA) is 70.2 Å². The fraction of sp³-hybridized carbons (Fsp3) is 0.435. The summed E-state index contributed by atoms with van der Waals surface area (Å²) < 4.78 is 69.8. The number of anilines is 2. The van der Waals surface area contributed by atoms with Crippen LogP contribution in [-0.4, -0.2) is 65.3 Å². The van der Waals surface area contributed by atoms with Gasteiger partial charge in [0, 0.05) is 44.8 Å². The van der Waals surface area contributed by atoms with Gasteiger partial charge >= 0.3 is 6.18 Å². The van der Waals surface area contributed by atoms with Crippen molar-refractivity contribution in [1.29, 1.82) is 0 Å². The van der Waals surface area contributed by atoms with Gasteiger partial charge in [-0.15, -0.1) is 0 Å². The summed E-state index contributed by atoms with van der Waals surface area (Å²) in [6.07, 6.45) is -2.77. The van der Waals surface area contributed by atoms with E-state index in [0.717, 1.165) is 18.4 Å². The Morgan fingerprint density at radius 1 is 1.06 bits per heavy atom. The summed E-state index contributed by atoms with van der Waals surface area (Å²) in [5.74, 6) is 0.503. The highest BCUT2D eigenvalue weighted by Crippen LogP contribution is 2.32. The van der Waals surface area contributed by atoms with E-state index in [2.05, 4.69) is 0 Å². The highest BCUT2D eigenvalue weighted by atomic mass is 32.2. The Morgan fingerprint density at radius 2 is 1.71 bits per heavy atom. The summed E-state index contributed by atoms with van der Waals surface area (Å²) in [7, 11) is -2.01. The molecular formula is C23H28F3N3O4S. The third-order valence-electron chi connectivity index (χ3n) is 5.68. The standard InChI is InChI=1S/C23H28F3N3O4S/c1-33-21-10-8-19(9-11-21)29(34(2,31)32)12-4-7-22(30)28-15-13-27(14-16-28)20-6-3-5-18(17-20)23(24,25)26/h3,5-6,8-11,17H,4,7,12-16H2,1-2H3. The highest BCUT2D eigenvalue weighted by Gasteiger charge is 2.31. The number of ether oxygens (including phenoxy) is 1. The number of benzene rings is 2. The summed E-state index contributed by atoms with van der Waals surface area (Å²) >= 11 is 0. The number of carbonyl (C=O) groups is 1. The van der Waals surface area contributed by atoms with Crippen LogP contribution in [0.4, 0.5) is 24.5 Å². The Balaban J connectivity index is 1.52. The van der Waals surface area contributed by atoms with E-state index >= 15 is 0 Å². The Hall–Kier alpha value is -2.95. The van der Waals surface area contributed by atoms with Gasteiger partial charge in [0.2, 0.25) is 15.9 Å². The minimum absolute atomic E-state index is 0.105. The lowest BCUT2D eigenvalue weighted by Gasteiger charge is -2.36. The first-order chi connectivity index (χ1) is 16.0. The Labute approximate surface area is 197 Å². The van der Waals surface area contributed by atoms with Crippen LogP contribution in [0.15, 0.2) is 48.5 Å². The van der Waals surface area contributed by atoms with Crippen LogP contribution in [0.3, 0.4) is 0 Å². The molecule has 11 heteroatoms. The maximum atomic E-state index is 13.0. The molecule has 7 nitrogen and oxygen atoms in total. The van der Waals surface area contributed by atoms with Crippen molar-refractivity contribution in [1.82, 2.24) is 4.90 Å². The number of alkyl halides is 3. The first kappa shape index (κ1) is 25.7. The number of halogens is 3. The molecule has 0 spiro atoms. The molecule has 1 amide bonds. The van der Waals surface area contributed by atoms with Gasteiger partial charge in [-0.1, -0.05) is 6.07 Å². The number of nitrogens with zero attached hydrogens (tertiary/aromatic N) is 3. The Morgan fingerprint density at radius 3 is 2.26 bits per heavy atom. The monoisotopic (exact) mass is 499 g/mol. The molecule has 2 aromatic rings. The van der Waals surface area contributed by atoms with Crippen LogP contribution in [-0.2, 0) is 21.0 Å². The van der Waals surface area contributed by atoms with Crippen LogP contribution < -0.4 is 13.9 Å². The molecule has 0 bridgehead atoms. The predicted octanol–water partition coefficient (Wildman–Crippen LogP) is 3.61. The molecule has 34 heavy (non-hydrogen) atoms. The zero-order valence-corrected chi connectivity index (χ0v) is 19.9. The van der Waals surface area contributed by atoms with Crippen LogP contribution in [0.2, 0.25) is 0 Å². The van der Waals surface area contributed by atoms with E-state index in [9.17, 15) is 26.4 Å². The highest BCUT2D eigenvalue weighted by molar-refractivity contribution is 7.92. The van der Waals surface area contributed by atoms with E-state index in [-0.39, 0.29) is 18.9 Å². The SMILES string of the molecule is COc1ccc(N(CCCC(=O)N2CCN(c3cccc(C(F)(F)F)c3)CC2)S(C)(=O)=O)cc1. The number of rotatable bonds is 8. The zero-order chi connectivity index (χ0) is 24.9. The van der Waals surface area contributed by atoms with E-state index in [1.54, 1.807) is 35.2 Å². The average Bonchev–Trinajstić information content (AvgIpc) is 2.81. The molecule has 186 valence electrons. The van der Waals surface area contributed by atoms with Crippen LogP contribution in [0, 0.1) is 0 Å². The third-order valence-corrected chi connectivity index (χ3v) is 6.88. The van der Waals surface area contributed by atoms with E-state index in [1.807, 2.05) is 4.90 Å². The van der Waals surface area contributed by atoms with Crippen molar-refractivity contribution in [2.75, 3.05) is 55.3 Å². The molecule has 0 N–H and O–H groups in total. The molecule has 0 saturated carbocycles. The molecule has 2 aromatic carbocycles. The number of piperazine rings is 1. The number of hydrogen-bond donors (Lipinski definition) is 0. The molecule has 0 atom stereocenters. The van der Waals surface area contributed by atoms with Crippen LogP contribution >= 0.6 is 0 Å². The Bertz CT molecular complexity index is 1080. The second kappa shape index (κ2) is 10.5. The third kappa shape index (κ3) is 6.55. The van der Waals surface area contributed by atoms with Gasteiger partial charge in [-0.05, 0) is 48.9 Å². The van der Waals surface area contributed by atoms with E-state index < -0.39 is 21.8 Å². The van der Waals surface area contributed by atoms with Crippen LogP contribution in [0.25, 0.3) is 0 Å². The predicted molar refractivity (Wildman–Crippen MR) is 125 cm³/mol. The number of amides is 1. The molecule has 0 unspecified atom stereocenters. The van der Waals surface area contributed by atoms with Gasteiger partial charge in [0.25, 0.3) is 0 Å². The zero-order valence-electron chi connectivity index (χ0n) is 19.1. The van der Waals surface area contributed by atoms with Gasteiger partial charge in [0.15, 0.2) is 0 Å². The summed E-state index contributed by atoms with van der Waals surface area (Å²) in [6.45, 7) is 1.79. The van der Waals surface area contributed by atoms with Crippen LogP contribution in [0.1, 0.15) is 18.4 Å². The smallest absolute Gasteiger partial charge is 0.416 e. The van der Waals surface area contributed by atoms with Gasteiger partial charge in [-0.2, -0.15) is 13.2 Å². The molecular weight excluding hydrogens is 471 g/mol. The second-order valence-corrected chi connectivity index (χ2v) is 9.96. The maximum absolute atomic E-state index is 13.0. The first-order valence-electron chi connectivity index (χ1n) is 10.8. The normalized spacial score (nSPS) is 14.7. The van der Waals surface area contributed by atoms with Crippen molar-refractivity contribution < 1.29 is 31.1 Å². The molecule has 1 heterocycles. The maximum Gasteiger partial charge on any atom is 0.416 e. The summed E-state index contributed by atoms with van der Waals surface area (Å²) in [4.78, 5) is 16.1. The van der Waals surface area contributed by atoms with Gasteiger partial charge in [0.05, 0.1) is 24.6 Å². The number of methoxy groups -OCH3 is 1. The quantitative estimate of drug-likeness (QED) is 0.555. The van der Waals surface area contributed by atoms with E-state index in [4.69, 9.17) is 4.74 Å². The molecule has 0 radical (unpaired) electrons. The fourth-order valence-corrected chi connectivity index (χ4v) is 4.83. The summed E-state index contributed by atoms with van der Waals surface area (Å²) in [5.41, 5.74) is 0.270. The molecule has 1 saturated heterocycles. The molecule has 0 aliphatic carbocycles. The van der Waals surface area contributed by atoms with Crippen molar-refractivity contribution in [3.63, 3.8) is 0 Å². The van der Waals surface area contributed by atoms with Crippen molar-refractivity contribution in [2.45, 2.75) is 19.0 Å². The van der Waals surface area contributed by atoms with Crippen molar-refractivity contribution in [2.24, 2.45) is 0 Å². The van der Waals surface area contributed by atoms with Gasteiger partial charge in [-0.25, -0.2) is 8.42 Å². The van der Waals surface area contributed by atoms with Crippen molar-refractivity contribution in [3.05, 3.63) is 54.1 Å². The molecule has 0 aromatic heterocycles. The Kier molecular flexibility index (Phi) is 7.96. The van der Waals surface area contributed by atoms with Gasteiger partial charge < -0.3 is 14.5 Å². The van der Waals surface area contributed by atoms with Crippen LogP contribution in [0.5, 0.6) is 5.75 Å². The molecule has 1 aliphatic heterocycles. The van der Waals surface area contributed by atoms with E-state index in [0.29, 0.717) is 49.7 Å². The van der Waals surface area contributed by atoms with E-state index in [1.165, 1.54) is 17.5 Å². The van der Waals surface area contributed by atoms with Gasteiger partial charge in [0.1, 0.15) is 5.75 Å². The molecule has 1 fully saturated rings. The first-order valence-corrected chi connectivity index (χ1v) is 12.7. The fourth-order valence-electron chi connectivity index (χ4n) is 3.86. The lowest BCUT2D eigenvalue weighted by molar-refractivity contribution is -0.137. The number of hydrogen-bond acceptors (Lipinski definition) is 5. The molecule has 3 rings (SSSR count). The van der Waals surface area contributed by atoms with Crippen molar-refractivity contribution in [3.8, 4) is 5.75 Å². The minimum atomic E-state index is -4.40. The summed E-state index contributed by atoms with van der Waals surface area (Å²) in [5, 5.41) is 0. The lowest BCUT2D eigenvalue weighted by Crippen LogP contribution is -2.49. The number of sulfonamides is 1. The number of carbonyl (C=O) groups excluding carboxylic acids is 1. The second-order valence-electron chi connectivity index (χ2n) is 8.05. The van der Waals surface area contributed by atoms with Crippen molar-refractivity contribution >= 4 is 27.3 Å².